The van der Waals surface area contributed by atoms with E-state index < -0.39 is 9.84 Å². The van der Waals surface area contributed by atoms with Crippen molar-refractivity contribution in [3.63, 3.8) is 0 Å². The lowest BCUT2D eigenvalue weighted by molar-refractivity contribution is 0.598. The Morgan fingerprint density at radius 1 is 1.08 bits per heavy atom. The number of hydrogen-bond acceptors (Lipinski definition) is 5. The van der Waals surface area contributed by atoms with Gasteiger partial charge < -0.3 is 4.90 Å². The van der Waals surface area contributed by atoms with Crippen molar-refractivity contribution >= 4 is 21.2 Å². The average molecular weight is 354 g/mol. The summed E-state index contributed by atoms with van der Waals surface area (Å²) in [6, 6.07) is 13.2. The number of anilines is 2. The minimum Gasteiger partial charge on any atom is -0.322 e. The SMILES string of the molecule is C=CCS(=O)(=O)CN(c1cccnc1)c1cnn(-c2ccccc2)c1. The Morgan fingerprint density at radius 2 is 1.88 bits per heavy atom. The van der Waals surface area contributed by atoms with E-state index in [1.807, 2.05) is 36.4 Å². The summed E-state index contributed by atoms with van der Waals surface area (Å²) in [5, 5.41) is 4.35. The van der Waals surface area contributed by atoms with E-state index in [1.54, 1.807) is 40.4 Å². The van der Waals surface area contributed by atoms with Crippen LogP contribution in [0.15, 0.2) is 79.9 Å². The van der Waals surface area contributed by atoms with E-state index in [0.717, 1.165) is 5.69 Å². The van der Waals surface area contributed by atoms with Crippen LogP contribution in [0, 0.1) is 0 Å². The predicted molar refractivity (Wildman–Crippen MR) is 98.8 cm³/mol. The van der Waals surface area contributed by atoms with Crippen molar-refractivity contribution in [1.29, 1.82) is 0 Å². The number of benzene rings is 1. The lowest BCUT2D eigenvalue weighted by Gasteiger charge is -2.22. The van der Waals surface area contributed by atoms with E-state index >= 15 is 0 Å². The highest BCUT2D eigenvalue weighted by Gasteiger charge is 2.19. The average Bonchev–Trinajstić information content (AvgIpc) is 3.11. The van der Waals surface area contributed by atoms with Gasteiger partial charge in [0, 0.05) is 6.20 Å². The first-order valence-corrected chi connectivity index (χ1v) is 9.50. The minimum absolute atomic E-state index is 0.0867. The normalized spacial score (nSPS) is 11.2. The van der Waals surface area contributed by atoms with Crippen molar-refractivity contribution in [3.05, 3.63) is 79.9 Å². The topological polar surface area (TPSA) is 68.1 Å². The minimum atomic E-state index is -3.34. The molecule has 128 valence electrons. The van der Waals surface area contributed by atoms with E-state index in [4.69, 9.17) is 0 Å². The predicted octanol–water partition coefficient (Wildman–Crippen LogP) is 2.96. The molecule has 0 amide bonds. The maximum Gasteiger partial charge on any atom is 0.172 e. The largest absolute Gasteiger partial charge is 0.322 e. The molecule has 2 aromatic heterocycles. The van der Waals surface area contributed by atoms with Gasteiger partial charge in [-0.05, 0) is 24.3 Å². The van der Waals surface area contributed by atoms with Crippen molar-refractivity contribution in [2.45, 2.75) is 0 Å². The van der Waals surface area contributed by atoms with E-state index in [0.29, 0.717) is 11.4 Å². The second kappa shape index (κ2) is 7.31. The molecule has 0 saturated carbocycles. The first kappa shape index (κ1) is 16.9. The third kappa shape index (κ3) is 4.13. The standard InChI is InChI=1S/C18H18N4O2S/c1-2-11-25(23,24)15-21(17-9-6-10-19-12-17)18-13-20-22(14-18)16-7-4-3-5-8-16/h2-10,12-14H,1,11,15H2. The van der Waals surface area contributed by atoms with Gasteiger partial charge in [0.1, 0.15) is 5.88 Å². The molecule has 0 radical (unpaired) electrons. The molecule has 0 N–H and O–H groups in total. The Bertz CT molecular complexity index is 937. The van der Waals surface area contributed by atoms with Crippen molar-refractivity contribution in [2.24, 2.45) is 0 Å². The molecule has 0 atom stereocenters. The number of para-hydroxylation sites is 1. The Hall–Kier alpha value is -2.93. The first-order chi connectivity index (χ1) is 12.1. The molecule has 0 aliphatic carbocycles. The third-order valence-corrected chi connectivity index (χ3v) is 4.95. The van der Waals surface area contributed by atoms with Crippen LogP contribution in [-0.4, -0.2) is 34.8 Å². The fourth-order valence-corrected chi connectivity index (χ4v) is 3.57. The molecule has 0 unspecified atom stereocenters. The van der Waals surface area contributed by atoms with E-state index in [9.17, 15) is 8.42 Å². The number of hydrogen-bond donors (Lipinski definition) is 0. The number of rotatable bonds is 7. The molecule has 0 bridgehead atoms. The summed E-state index contributed by atoms with van der Waals surface area (Å²) >= 11 is 0. The zero-order valence-corrected chi connectivity index (χ0v) is 14.4. The van der Waals surface area contributed by atoms with E-state index in [-0.39, 0.29) is 11.6 Å². The quantitative estimate of drug-likeness (QED) is 0.610. The fraction of sp³-hybridized carbons (Fsp3) is 0.111. The van der Waals surface area contributed by atoms with Crippen LogP contribution in [0.25, 0.3) is 5.69 Å². The molecule has 0 spiro atoms. The summed E-state index contributed by atoms with van der Waals surface area (Å²) in [5.74, 6) is -0.262. The fourth-order valence-electron chi connectivity index (χ4n) is 2.42. The van der Waals surface area contributed by atoms with Gasteiger partial charge in [0.25, 0.3) is 0 Å². The second-order valence-corrected chi connectivity index (χ2v) is 7.52. The molecule has 3 aromatic rings. The Kier molecular flexibility index (Phi) is 4.95. The van der Waals surface area contributed by atoms with Crippen LogP contribution >= 0.6 is 0 Å². The van der Waals surface area contributed by atoms with Gasteiger partial charge in [0.05, 0.1) is 41.4 Å². The smallest absolute Gasteiger partial charge is 0.172 e. The van der Waals surface area contributed by atoms with Crippen molar-refractivity contribution < 1.29 is 8.42 Å². The van der Waals surface area contributed by atoms with E-state index in [1.165, 1.54) is 6.08 Å². The van der Waals surface area contributed by atoms with Crippen molar-refractivity contribution in [2.75, 3.05) is 16.5 Å². The summed E-state index contributed by atoms with van der Waals surface area (Å²) in [6.45, 7) is 3.52. The molecular formula is C18H18N4O2S. The molecule has 0 aliphatic heterocycles. The zero-order chi connectivity index (χ0) is 17.7. The van der Waals surface area contributed by atoms with Crippen LogP contribution in [0.2, 0.25) is 0 Å². The summed E-state index contributed by atoms with van der Waals surface area (Å²) in [5.41, 5.74) is 2.25. The van der Waals surface area contributed by atoms with Crippen LogP contribution in [-0.2, 0) is 9.84 Å². The van der Waals surface area contributed by atoms with Gasteiger partial charge in [-0.3, -0.25) is 4.98 Å². The number of aromatic nitrogens is 3. The van der Waals surface area contributed by atoms with Gasteiger partial charge in [-0.25, -0.2) is 13.1 Å². The molecule has 7 heteroatoms. The maximum absolute atomic E-state index is 12.3. The number of sulfone groups is 1. The summed E-state index contributed by atoms with van der Waals surface area (Å²) in [4.78, 5) is 5.77. The highest BCUT2D eigenvalue weighted by molar-refractivity contribution is 7.91. The molecule has 0 saturated heterocycles. The lowest BCUT2D eigenvalue weighted by atomic mass is 10.3. The first-order valence-electron chi connectivity index (χ1n) is 7.68. The number of pyridine rings is 1. The Morgan fingerprint density at radius 3 is 2.56 bits per heavy atom. The van der Waals surface area contributed by atoms with Crippen LogP contribution in [0.1, 0.15) is 0 Å². The van der Waals surface area contributed by atoms with Gasteiger partial charge in [-0.15, -0.1) is 6.58 Å². The summed E-state index contributed by atoms with van der Waals surface area (Å²) in [6.07, 6.45) is 8.11. The lowest BCUT2D eigenvalue weighted by Crippen LogP contribution is -2.26. The van der Waals surface area contributed by atoms with Crippen molar-refractivity contribution in [1.82, 2.24) is 14.8 Å². The molecule has 2 heterocycles. The van der Waals surface area contributed by atoms with Gasteiger partial charge in [0.2, 0.25) is 0 Å². The third-order valence-electron chi connectivity index (χ3n) is 3.56. The Balaban J connectivity index is 1.98. The molecular weight excluding hydrogens is 336 g/mol. The van der Waals surface area contributed by atoms with Gasteiger partial charge in [-0.2, -0.15) is 5.10 Å². The van der Waals surface area contributed by atoms with Gasteiger partial charge >= 0.3 is 0 Å². The van der Waals surface area contributed by atoms with Crippen LogP contribution < -0.4 is 4.90 Å². The summed E-state index contributed by atoms with van der Waals surface area (Å²) < 4.78 is 26.3. The molecule has 0 aliphatic rings. The number of nitrogens with zero attached hydrogens (tertiary/aromatic N) is 4. The zero-order valence-electron chi connectivity index (χ0n) is 13.6. The van der Waals surface area contributed by atoms with Gasteiger partial charge in [0.15, 0.2) is 9.84 Å². The highest BCUT2D eigenvalue weighted by atomic mass is 32.2. The molecule has 25 heavy (non-hydrogen) atoms. The van der Waals surface area contributed by atoms with Crippen LogP contribution in [0.5, 0.6) is 0 Å². The summed E-state index contributed by atoms with van der Waals surface area (Å²) in [7, 11) is -3.34. The van der Waals surface area contributed by atoms with Crippen LogP contribution in [0.4, 0.5) is 11.4 Å². The monoisotopic (exact) mass is 354 g/mol. The van der Waals surface area contributed by atoms with E-state index in [2.05, 4.69) is 16.7 Å². The second-order valence-electron chi connectivity index (χ2n) is 5.45. The Labute approximate surface area is 147 Å². The van der Waals surface area contributed by atoms with Crippen LogP contribution in [0.3, 0.4) is 0 Å². The highest BCUT2D eigenvalue weighted by Crippen LogP contribution is 2.26. The molecule has 3 rings (SSSR count). The van der Waals surface area contributed by atoms with Crippen molar-refractivity contribution in [3.8, 4) is 5.69 Å². The molecule has 0 fully saturated rings. The molecule has 6 nitrogen and oxygen atoms in total. The van der Waals surface area contributed by atoms with Gasteiger partial charge in [-0.1, -0.05) is 24.3 Å². The maximum atomic E-state index is 12.3. The molecule has 1 aromatic carbocycles.